The normalized spacial score (nSPS) is 9.31. The highest BCUT2D eigenvalue weighted by atomic mass is 16.1. The first-order valence-corrected chi connectivity index (χ1v) is 3.87. The van der Waals surface area contributed by atoms with E-state index in [2.05, 4.69) is 16.3 Å². The number of carbonyl (C=O) groups is 1. The monoisotopic (exact) mass is 177 g/mol. The van der Waals surface area contributed by atoms with Gasteiger partial charge in [-0.3, -0.25) is 9.48 Å². The number of hydrogen-bond donors (Lipinski definition) is 1. The highest BCUT2D eigenvalue weighted by Gasteiger charge is 2.10. The summed E-state index contributed by atoms with van der Waals surface area (Å²) in [7, 11) is 1.77. The summed E-state index contributed by atoms with van der Waals surface area (Å²) in [5, 5.41) is 6.62. The van der Waals surface area contributed by atoms with E-state index in [1.807, 2.05) is 0 Å². The molecule has 0 aliphatic heterocycles. The first kappa shape index (κ1) is 9.33. The summed E-state index contributed by atoms with van der Waals surface area (Å²) in [6.45, 7) is 2.03. The number of aryl methyl sites for hydroxylation is 2. The van der Waals surface area contributed by atoms with Crippen molar-refractivity contribution in [2.24, 2.45) is 7.05 Å². The third-order valence-corrected chi connectivity index (χ3v) is 1.61. The molecule has 0 atom stereocenters. The Morgan fingerprint density at radius 2 is 2.54 bits per heavy atom. The maximum Gasteiger partial charge on any atom is 0.255 e. The topological polar surface area (TPSA) is 46.9 Å². The van der Waals surface area contributed by atoms with Crippen molar-refractivity contribution in [2.45, 2.75) is 6.92 Å². The second-order valence-electron chi connectivity index (χ2n) is 2.69. The van der Waals surface area contributed by atoms with Gasteiger partial charge in [0.15, 0.2) is 0 Å². The molecule has 1 aromatic heterocycles. The molecule has 0 saturated carbocycles. The van der Waals surface area contributed by atoms with Gasteiger partial charge in [0, 0.05) is 13.2 Å². The molecule has 1 aromatic rings. The molecule has 0 aliphatic rings. The number of rotatable bonds is 2. The van der Waals surface area contributed by atoms with E-state index in [0.29, 0.717) is 11.3 Å². The fourth-order valence-electron chi connectivity index (χ4n) is 1.05. The predicted molar refractivity (Wildman–Crippen MR) is 49.1 cm³/mol. The van der Waals surface area contributed by atoms with Crippen LogP contribution >= 0.6 is 0 Å². The molecule has 0 aromatic carbocycles. The number of hydrogen-bond acceptors (Lipinski definition) is 2. The van der Waals surface area contributed by atoms with Gasteiger partial charge >= 0.3 is 0 Å². The van der Waals surface area contributed by atoms with Gasteiger partial charge in [-0.1, -0.05) is 5.92 Å². The van der Waals surface area contributed by atoms with Crippen molar-refractivity contribution in [3.63, 3.8) is 0 Å². The van der Waals surface area contributed by atoms with Crippen LogP contribution in [0.1, 0.15) is 16.1 Å². The van der Waals surface area contributed by atoms with Gasteiger partial charge < -0.3 is 5.32 Å². The van der Waals surface area contributed by atoms with E-state index in [0.717, 1.165) is 0 Å². The minimum Gasteiger partial charge on any atom is -0.341 e. The van der Waals surface area contributed by atoms with Crippen LogP contribution in [0.4, 0.5) is 0 Å². The number of aromatic nitrogens is 2. The number of amides is 1. The van der Waals surface area contributed by atoms with Gasteiger partial charge in [-0.2, -0.15) is 5.10 Å². The van der Waals surface area contributed by atoms with Crippen molar-refractivity contribution in [3.05, 3.63) is 17.5 Å². The fourth-order valence-corrected chi connectivity index (χ4v) is 1.05. The molecule has 4 nitrogen and oxygen atoms in total. The van der Waals surface area contributed by atoms with Crippen LogP contribution < -0.4 is 5.32 Å². The first-order valence-electron chi connectivity index (χ1n) is 3.87. The molecule has 1 rings (SSSR count). The van der Waals surface area contributed by atoms with Gasteiger partial charge in [-0.05, 0) is 6.92 Å². The first-order chi connectivity index (χ1) is 6.15. The molecule has 0 radical (unpaired) electrons. The lowest BCUT2D eigenvalue weighted by molar-refractivity contribution is 0.0958. The molecule has 68 valence electrons. The Bertz CT molecular complexity index is 359. The van der Waals surface area contributed by atoms with Gasteiger partial charge in [0.1, 0.15) is 0 Å². The maximum absolute atomic E-state index is 11.4. The molecule has 0 spiro atoms. The lowest BCUT2D eigenvalue weighted by atomic mass is 10.2. The van der Waals surface area contributed by atoms with Crippen molar-refractivity contribution in [1.29, 1.82) is 0 Å². The SMILES string of the molecule is C#CCNC(=O)c1cn(C)nc1C. The van der Waals surface area contributed by atoms with Crippen LogP contribution in [0.15, 0.2) is 6.20 Å². The Kier molecular flexibility index (Phi) is 2.70. The van der Waals surface area contributed by atoms with Crippen LogP contribution in [0.5, 0.6) is 0 Å². The Hall–Kier alpha value is -1.76. The third-order valence-electron chi connectivity index (χ3n) is 1.61. The van der Waals surface area contributed by atoms with Crippen LogP contribution in [0.25, 0.3) is 0 Å². The van der Waals surface area contributed by atoms with Gasteiger partial charge in [-0.25, -0.2) is 0 Å². The number of nitrogens with zero attached hydrogens (tertiary/aromatic N) is 2. The summed E-state index contributed by atoms with van der Waals surface area (Å²) in [5.74, 6) is 2.16. The smallest absolute Gasteiger partial charge is 0.255 e. The third kappa shape index (κ3) is 2.09. The summed E-state index contributed by atoms with van der Waals surface area (Å²) in [5.41, 5.74) is 1.27. The van der Waals surface area contributed by atoms with Crippen LogP contribution in [0.2, 0.25) is 0 Å². The van der Waals surface area contributed by atoms with E-state index in [9.17, 15) is 4.79 Å². The fraction of sp³-hybridized carbons (Fsp3) is 0.333. The van der Waals surface area contributed by atoms with Crippen molar-refractivity contribution >= 4 is 5.91 Å². The molecule has 0 fully saturated rings. The minimum atomic E-state index is -0.177. The van der Waals surface area contributed by atoms with Crippen LogP contribution in [-0.2, 0) is 7.05 Å². The zero-order valence-corrected chi connectivity index (χ0v) is 7.66. The van der Waals surface area contributed by atoms with Crippen LogP contribution in [-0.4, -0.2) is 22.2 Å². The largest absolute Gasteiger partial charge is 0.341 e. The molecule has 1 N–H and O–H groups in total. The van der Waals surface area contributed by atoms with Crippen molar-refractivity contribution in [2.75, 3.05) is 6.54 Å². The molecule has 1 amide bonds. The lowest BCUT2D eigenvalue weighted by Crippen LogP contribution is -2.23. The predicted octanol–water partition coefficient (Wildman–Crippen LogP) is 0.0915. The molecule has 1 heterocycles. The average Bonchev–Trinajstić information content (AvgIpc) is 2.41. The Labute approximate surface area is 76.9 Å². The molecule has 4 heteroatoms. The van der Waals surface area contributed by atoms with E-state index in [1.165, 1.54) is 0 Å². The molecule has 0 bridgehead atoms. The van der Waals surface area contributed by atoms with Gasteiger partial charge in [0.2, 0.25) is 0 Å². The van der Waals surface area contributed by atoms with Crippen molar-refractivity contribution < 1.29 is 4.79 Å². The molecular weight excluding hydrogens is 166 g/mol. The zero-order valence-electron chi connectivity index (χ0n) is 7.66. The zero-order chi connectivity index (χ0) is 9.84. The molecule has 0 saturated heterocycles. The molecule has 0 unspecified atom stereocenters. The number of nitrogens with one attached hydrogen (secondary N) is 1. The standard InChI is InChI=1S/C9H11N3O/c1-4-5-10-9(13)8-6-12(3)11-7(8)2/h1,6H,5H2,2-3H3,(H,10,13). The second-order valence-corrected chi connectivity index (χ2v) is 2.69. The number of carbonyl (C=O) groups excluding carboxylic acids is 1. The van der Waals surface area contributed by atoms with Gasteiger partial charge in [0.25, 0.3) is 5.91 Å². The molecule has 0 aliphatic carbocycles. The highest BCUT2D eigenvalue weighted by Crippen LogP contribution is 2.03. The van der Waals surface area contributed by atoms with E-state index < -0.39 is 0 Å². The summed E-state index contributed by atoms with van der Waals surface area (Å²) in [6, 6.07) is 0. The van der Waals surface area contributed by atoms with Gasteiger partial charge in [0.05, 0.1) is 17.8 Å². The summed E-state index contributed by atoms with van der Waals surface area (Å²) in [6.07, 6.45) is 6.68. The van der Waals surface area contributed by atoms with Crippen molar-refractivity contribution in [1.82, 2.24) is 15.1 Å². The van der Waals surface area contributed by atoms with Crippen molar-refractivity contribution in [3.8, 4) is 12.3 Å². The molecule has 13 heavy (non-hydrogen) atoms. The lowest BCUT2D eigenvalue weighted by Gasteiger charge is -1.97. The summed E-state index contributed by atoms with van der Waals surface area (Å²) < 4.78 is 1.60. The highest BCUT2D eigenvalue weighted by molar-refractivity contribution is 5.95. The van der Waals surface area contributed by atoms with Crippen LogP contribution in [0, 0.1) is 19.3 Å². The van der Waals surface area contributed by atoms with E-state index in [-0.39, 0.29) is 12.5 Å². The van der Waals surface area contributed by atoms with Gasteiger partial charge in [-0.15, -0.1) is 6.42 Å². The minimum absolute atomic E-state index is 0.177. The second kappa shape index (κ2) is 3.76. The van der Waals surface area contributed by atoms with E-state index in [4.69, 9.17) is 6.42 Å². The average molecular weight is 177 g/mol. The van der Waals surface area contributed by atoms with E-state index in [1.54, 1.807) is 24.9 Å². The number of terminal acetylenes is 1. The Morgan fingerprint density at radius 3 is 3.00 bits per heavy atom. The maximum atomic E-state index is 11.4. The summed E-state index contributed by atoms with van der Waals surface area (Å²) >= 11 is 0. The quantitative estimate of drug-likeness (QED) is 0.651. The summed E-state index contributed by atoms with van der Waals surface area (Å²) in [4.78, 5) is 11.4. The Balaban J connectivity index is 2.78. The molecular formula is C9H11N3O. The Morgan fingerprint density at radius 1 is 1.85 bits per heavy atom. The van der Waals surface area contributed by atoms with Crippen LogP contribution in [0.3, 0.4) is 0 Å². The van der Waals surface area contributed by atoms with E-state index >= 15 is 0 Å².